The van der Waals surface area contributed by atoms with E-state index in [1.54, 1.807) is 35.2 Å². The molecule has 0 saturated carbocycles. The topological polar surface area (TPSA) is 95.9 Å². The van der Waals surface area contributed by atoms with Crippen LogP contribution in [-0.4, -0.2) is 54.0 Å². The second kappa shape index (κ2) is 10.6. The maximum absolute atomic E-state index is 12.9. The van der Waals surface area contributed by atoms with Gasteiger partial charge in [0.1, 0.15) is 11.8 Å². The molecule has 0 bridgehead atoms. The summed E-state index contributed by atoms with van der Waals surface area (Å²) < 4.78 is 5.30. The van der Waals surface area contributed by atoms with Crippen LogP contribution in [0.4, 0.5) is 0 Å². The molecule has 0 aliphatic carbocycles. The van der Waals surface area contributed by atoms with E-state index in [1.807, 2.05) is 24.3 Å². The van der Waals surface area contributed by atoms with E-state index in [0.29, 0.717) is 24.3 Å². The molecule has 3 rings (SSSR count). The van der Waals surface area contributed by atoms with E-state index in [1.165, 1.54) is 7.11 Å². The number of carbonyl (C=O) groups excluding carboxylic acids is 2. The van der Waals surface area contributed by atoms with Crippen LogP contribution in [0.25, 0.3) is 0 Å². The minimum atomic E-state index is -0.993. The molecule has 0 spiro atoms. The van der Waals surface area contributed by atoms with Crippen LogP contribution in [0.5, 0.6) is 5.75 Å². The molecular formula is C24H28N2O5. The molecule has 0 aromatic heterocycles. The van der Waals surface area contributed by atoms with Crippen molar-refractivity contribution in [2.75, 3.05) is 20.2 Å². The Morgan fingerprint density at radius 3 is 2.52 bits per heavy atom. The van der Waals surface area contributed by atoms with Crippen LogP contribution in [-0.2, 0) is 16.0 Å². The summed E-state index contributed by atoms with van der Waals surface area (Å²) in [6.45, 7) is 0.492. The number of nitrogens with one attached hydrogen (secondary N) is 1. The van der Waals surface area contributed by atoms with Gasteiger partial charge in [-0.2, -0.15) is 0 Å². The molecule has 7 heteroatoms. The summed E-state index contributed by atoms with van der Waals surface area (Å²) in [4.78, 5) is 39.2. The number of ether oxygens (including phenoxy) is 1. The fraction of sp³-hybridized carbons (Fsp3) is 0.375. The number of carbonyl (C=O) groups is 3. The summed E-state index contributed by atoms with van der Waals surface area (Å²) in [6.07, 6.45) is 2.49. The molecule has 7 nitrogen and oxygen atoms in total. The monoisotopic (exact) mass is 424 g/mol. The molecule has 2 aromatic rings. The van der Waals surface area contributed by atoms with Gasteiger partial charge in [0, 0.05) is 18.7 Å². The maximum Gasteiger partial charge on any atom is 0.308 e. The van der Waals surface area contributed by atoms with Crippen molar-refractivity contribution in [3.8, 4) is 5.75 Å². The van der Waals surface area contributed by atoms with Crippen LogP contribution in [0.1, 0.15) is 35.2 Å². The number of likely N-dealkylation sites (tertiary alicyclic amines) is 1. The predicted octanol–water partition coefficient (Wildman–Crippen LogP) is 2.75. The zero-order chi connectivity index (χ0) is 22.2. The van der Waals surface area contributed by atoms with E-state index in [-0.39, 0.29) is 24.8 Å². The van der Waals surface area contributed by atoms with Gasteiger partial charge >= 0.3 is 5.97 Å². The molecule has 1 aliphatic rings. The van der Waals surface area contributed by atoms with E-state index in [2.05, 4.69) is 5.32 Å². The first-order valence-corrected chi connectivity index (χ1v) is 10.5. The van der Waals surface area contributed by atoms with Crippen molar-refractivity contribution in [2.24, 2.45) is 5.92 Å². The van der Waals surface area contributed by atoms with Gasteiger partial charge in [-0.25, -0.2) is 0 Å². The average Bonchev–Trinajstić information content (AvgIpc) is 2.81. The molecule has 2 amide bonds. The Morgan fingerprint density at radius 2 is 1.81 bits per heavy atom. The largest absolute Gasteiger partial charge is 0.496 e. The Morgan fingerprint density at radius 1 is 1.10 bits per heavy atom. The molecule has 2 aromatic carbocycles. The number of hydrogen-bond acceptors (Lipinski definition) is 4. The first-order valence-electron chi connectivity index (χ1n) is 10.5. The summed E-state index contributed by atoms with van der Waals surface area (Å²) in [5.41, 5.74) is 1.31. The normalized spacial score (nSPS) is 16.9. The van der Waals surface area contributed by atoms with Gasteiger partial charge < -0.3 is 20.1 Å². The highest BCUT2D eigenvalue weighted by atomic mass is 16.5. The minimum Gasteiger partial charge on any atom is -0.496 e. The van der Waals surface area contributed by atoms with Crippen LogP contribution < -0.4 is 10.1 Å². The number of para-hydroxylation sites is 1. The number of methoxy groups -OCH3 is 1. The third kappa shape index (κ3) is 5.63. The molecular weight excluding hydrogens is 396 g/mol. The Labute approximate surface area is 182 Å². The van der Waals surface area contributed by atoms with Crippen LogP contribution in [0, 0.1) is 5.92 Å². The summed E-state index contributed by atoms with van der Waals surface area (Å²) in [6, 6.07) is 15.5. The Balaban J connectivity index is 1.66. The molecule has 1 saturated heterocycles. The molecule has 2 N–H and O–H groups in total. The van der Waals surface area contributed by atoms with Crippen LogP contribution in [0.15, 0.2) is 54.6 Å². The third-order valence-corrected chi connectivity index (χ3v) is 5.62. The van der Waals surface area contributed by atoms with Crippen molar-refractivity contribution in [1.82, 2.24) is 10.2 Å². The highest BCUT2D eigenvalue weighted by molar-refractivity contribution is 5.97. The number of nitrogens with zero attached hydrogens (tertiary/aromatic N) is 1. The summed E-state index contributed by atoms with van der Waals surface area (Å²) in [5.74, 6) is -1.67. The number of rotatable bonds is 8. The smallest absolute Gasteiger partial charge is 0.308 e. The van der Waals surface area contributed by atoms with Crippen molar-refractivity contribution in [3.63, 3.8) is 0 Å². The van der Waals surface area contributed by atoms with Crippen molar-refractivity contribution in [2.45, 2.75) is 31.7 Å². The number of hydrogen-bond donors (Lipinski definition) is 2. The van der Waals surface area contributed by atoms with Gasteiger partial charge in [0.05, 0.1) is 13.0 Å². The lowest BCUT2D eigenvalue weighted by Crippen LogP contribution is -2.52. The predicted molar refractivity (Wildman–Crippen MR) is 116 cm³/mol. The number of amides is 2. The number of carboxylic acid groups (broad SMARTS) is 1. The SMILES string of the molecule is COc1ccccc1CC(CNC(=O)C1CCCCN1C(=O)c1ccccc1)C(=O)O. The highest BCUT2D eigenvalue weighted by Crippen LogP contribution is 2.22. The van der Waals surface area contributed by atoms with E-state index >= 15 is 0 Å². The molecule has 1 aliphatic heterocycles. The zero-order valence-electron chi connectivity index (χ0n) is 17.6. The first kappa shape index (κ1) is 22.3. The third-order valence-electron chi connectivity index (χ3n) is 5.62. The number of aliphatic carboxylic acids is 1. The average molecular weight is 424 g/mol. The second-order valence-electron chi connectivity index (χ2n) is 7.67. The number of benzene rings is 2. The van der Waals surface area contributed by atoms with Gasteiger partial charge in [0.2, 0.25) is 5.91 Å². The van der Waals surface area contributed by atoms with Gasteiger partial charge in [0.15, 0.2) is 0 Å². The fourth-order valence-electron chi connectivity index (χ4n) is 3.92. The van der Waals surface area contributed by atoms with Crippen LogP contribution in [0.2, 0.25) is 0 Å². The molecule has 0 radical (unpaired) electrons. The molecule has 1 heterocycles. The number of piperidine rings is 1. The van der Waals surface area contributed by atoms with Crippen LogP contribution >= 0.6 is 0 Å². The molecule has 1 fully saturated rings. The lowest BCUT2D eigenvalue weighted by Gasteiger charge is -2.35. The molecule has 164 valence electrons. The lowest BCUT2D eigenvalue weighted by atomic mass is 9.97. The van der Waals surface area contributed by atoms with Gasteiger partial charge in [-0.05, 0) is 49.4 Å². The Kier molecular flexibility index (Phi) is 7.65. The van der Waals surface area contributed by atoms with E-state index in [0.717, 1.165) is 18.4 Å². The first-order chi connectivity index (χ1) is 15.0. The van der Waals surface area contributed by atoms with Gasteiger partial charge in [-0.3, -0.25) is 14.4 Å². The Bertz CT molecular complexity index is 915. The summed E-state index contributed by atoms with van der Waals surface area (Å²) in [7, 11) is 1.54. The van der Waals surface area contributed by atoms with Crippen molar-refractivity contribution in [3.05, 3.63) is 65.7 Å². The van der Waals surface area contributed by atoms with E-state index in [9.17, 15) is 19.5 Å². The van der Waals surface area contributed by atoms with E-state index < -0.39 is 17.9 Å². The van der Waals surface area contributed by atoms with Crippen molar-refractivity contribution < 1.29 is 24.2 Å². The van der Waals surface area contributed by atoms with Gasteiger partial charge in [0.25, 0.3) is 5.91 Å². The molecule has 2 atom stereocenters. The number of carboxylic acids is 1. The second-order valence-corrected chi connectivity index (χ2v) is 7.67. The molecule has 31 heavy (non-hydrogen) atoms. The van der Waals surface area contributed by atoms with Crippen molar-refractivity contribution >= 4 is 17.8 Å². The van der Waals surface area contributed by atoms with Crippen LogP contribution in [0.3, 0.4) is 0 Å². The molecule has 2 unspecified atom stereocenters. The standard InChI is InChI=1S/C24H28N2O5/c1-31-21-13-6-5-11-18(21)15-19(24(29)30)16-25-22(27)20-12-7-8-14-26(20)23(28)17-9-3-2-4-10-17/h2-6,9-11,13,19-20H,7-8,12,14-16H2,1H3,(H,25,27)(H,29,30). The Hall–Kier alpha value is -3.35. The summed E-state index contributed by atoms with van der Waals surface area (Å²) >= 11 is 0. The zero-order valence-corrected chi connectivity index (χ0v) is 17.6. The highest BCUT2D eigenvalue weighted by Gasteiger charge is 2.33. The van der Waals surface area contributed by atoms with Gasteiger partial charge in [-0.1, -0.05) is 36.4 Å². The van der Waals surface area contributed by atoms with Crippen molar-refractivity contribution in [1.29, 1.82) is 0 Å². The quantitative estimate of drug-likeness (QED) is 0.679. The fourth-order valence-corrected chi connectivity index (χ4v) is 3.92. The summed E-state index contributed by atoms with van der Waals surface area (Å²) in [5, 5.41) is 12.4. The lowest BCUT2D eigenvalue weighted by molar-refractivity contribution is -0.141. The minimum absolute atomic E-state index is 0.0178. The van der Waals surface area contributed by atoms with E-state index in [4.69, 9.17) is 4.74 Å². The van der Waals surface area contributed by atoms with Gasteiger partial charge in [-0.15, -0.1) is 0 Å². The maximum atomic E-state index is 12.9.